The van der Waals surface area contributed by atoms with Gasteiger partial charge in [-0.15, -0.1) is 0 Å². The summed E-state index contributed by atoms with van der Waals surface area (Å²) < 4.78 is 1.62. The summed E-state index contributed by atoms with van der Waals surface area (Å²) in [5, 5.41) is 39.3. The van der Waals surface area contributed by atoms with E-state index in [0.717, 1.165) is 35.2 Å². The molecule has 10 heteroatoms. The quantitative estimate of drug-likeness (QED) is 0.253. The van der Waals surface area contributed by atoms with E-state index in [2.05, 4.69) is 43.7 Å². The van der Waals surface area contributed by atoms with Crippen molar-refractivity contribution in [3.05, 3.63) is 59.6 Å². The highest BCUT2D eigenvalue weighted by atomic mass is 16.3. The summed E-state index contributed by atoms with van der Waals surface area (Å²) in [7, 11) is 0. The van der Waals surface area contributed by atoms with E-state index in [0.29, 0.717) is 18.1 Å². The van der Waals surface area contributed by atoms with Gasteiger partial charge in [-0.05, 0) is 37.0 Å². The van der Waals surface area contributed by atoms with Crippen molar-refractivity contribution in [3.63, 3.8) is 0 Å². The van der Waals surface area contributed by atoms with Crippen LogP contribution in [-0.2, 0) is 13.0 Å². The van der Waals surface area contributed by atoms with Crippen LogP contribution in [-0.4, -0.2) is 65.2 Å². The molecule has 34 heavy (non-hydrogen) atoms. The molecule has 0 aliphatic rings. The van der Waals surface area contributed by atoms with Crippen LogP contribution >= 0.6 is 0 Å². The Hall–Kier alpha value is -3.34. The molecule has 0 spiro atoms. The maximum Gasteiger partial charge on any atom is 0.229 e. The van der Waals surface area contributed by atoms with E-state index in [1.165, 1.54) is 0 Å². The number of fused-ring (bicyclic) bond motifs is 1. The van der Waals surface area contributed by atoms with Gasteiger partial charge >= 0.3 is 0 Å². The standard InChI is InChI=1S/C24H33N7O3/c1-4-7-18(8-5-2)19-10-9-16(11-25-19)12-26-24-30-23(28-20(14-32)21(34)15-33)29-22-17(6-3)13-27-31(22)24/h4,7-11,13,20-21,32-34H,5-6,12,14-15H2,1-3H3,(H2,26,28,29,30). The fourth-order valence-electron chi connectivity index (χ4n) is 3.45. The van der Waals surface area contributed by atoms with Crippen molar-refractivity contribution in [2.75, 3.05) is 23.8 Å². The van der Waals surface area contributed by atoms with Crippen LogP contribution in [0.5, 0.6) is 0 Å². The van der Waals surface area contributed by atoms with Crippen LogP contribution in [0.1, 0.15) is 44.0 Å². The normalized spacial score (nSPS) is 14.0. The molecule has 0 saturated heterocycles. The minimum absolute atomic E-state index is 0.214. The van der Waals surface area contributed by atoms with Gasteiger partial charge in [0.1, 0.15) is 0 Å². The molecule has 3 aromatic heterocycles. The molecule has 3 aromatic rings. The zero-order valence-corrected chi connectivity index (χ0v) is 19.8. The Kier molecular flexibility index (Phi) is 9.08. The Balaban J connectivity index is 1.84. The van der Waals surface area contributed by atoms with Gasteiger partial charge in [-0.25, -0.2) is 0 Å². The Labute approximate surface area is 199 Å². The van der Waals surface area contributed by atoms with Crippen LogP contribution in [0.4, 0.5) is 11.9 Å². The third-order valence-electron chi connectivity index (χ3n) is 5.33. The van der Waals surface area contributed by atoms with Crippen molar-refractivity contribution in [2.24, 2.45) is 0 Å². The molecule has 0 aromatic carbocycles. The molecule has 182 valence electrons. The lowest BCUT2D eigenvalue weighted by atomic mass is 10.1. The summed E-state index contributed by atoms with van der Waals surface area (Å²) in [6, 6.07) is 3.19. The molecule has 3 rings (SSSR count). The number of aliphatic hydroxyl groups is 3. The number of pyridine rings is 1. The SMILES string of the molecule is CC=CC(=CCC)c1ccc(CNc2nc(NC(CO)C(O)CO)nc3c(CC)cnn23)cn1. The largest absolute Gasteiger partial charge is 0.394 e. The first-order valence-corrected chi connectivity index (χ1v) is 11.5. The maximum atomic E-state index is 9.93. The lowest BCUT2D eigenvalue weighted by molar-refractivity contribution is 0.0610. The predicted molar refractivity (Wildman–Crippen MR) is 132 cm³/mol. The van der Waals surface area contributed by atoms with E-state index in [9.17, 15) is 15.3 Å². The summed E-state index contributed by atoms with van der Waals surface area (Å²) in [6.07, 6.45) is 10.3. The number of hydrogen-bond acceptors (Lipinski definition) is 9. The van der Waals surface area contributed by atoms with Crippen LogP contribution in [0.25, 0.3) is 11.2 Å². The van der Waals surface area contributed by atoms with E-state index in [4.69, 9.17) is 0 Å². The number of rotatable bonds is 12. The first-order chi connectivity index (χ1) is 16.5. The number of allylic oxidation sites excluding steroid dienone is 4. The van der Waals surface area contributed by atoms with E-state index < -0.39 is 25.4 Å². The smallest absolute Gasteiger partial charge is 0.229 e. The van der Waals surface area contributed by atoms with Gasteiger partial charge in [0, 0.05) is 18.3 Å². The first-order valence-electron chi connectivity index (χ1n) is 11.5. The monoisotopic (exact) mass is 467 g/mol. The zero-order valence-electron chi connectivity index (χ0n) is 19.8. The molecule has 2 unspecified atom stereocenters. The Morgan fingerprint density at radius 3 is 2.59 bits per heavy atom. The molecule has 5 N–H and O–H groups in total. The van der Waals surface area contributed by atoms with E-state index in [-0.39, 0.29) is 5.95 Å². The van der Waals surface area contributed by atoms with Crippen LogP contribution in [0.2, 0.25) is 0 Å². The van der Waals surface area contributed by atoms with Gasteiger partial charge < -0.3 is 26.0 Å². The molecule has 10 nitrogen and oxygen atoms in total. The molecule has 0 radical (unpaired) electrons. The summed E-state index contributed by atoms with van der Waals surface area (Å²) in [4.78, 5) is 13.6. The second-order valence-electron chi connectivity index (χ2n) is 7.79. The van der Waals surface area contributed by atoms with Crippen molar-refractivity contribution < 1.29 is 15.3 Å². The lowest BCUT2D eigenvalue weighted by Crippen LogP contribution is -2.39. The highest BCUT2D eigenvalue weighted by molar-refractivity contribution is 5.71. The molecule has 0 aliphatic carbocycles. The van der Waals surface area contributed by atoms with Crippen molar-refractivity contribution >= 4 is 23.1 Å². The fraction of sp³-hybridized carbons (Fsp3) is 0.417. The molecular formula is C24H33N7O3. The molecule has 3 heterocycles. The van der Waals surface area contributed by atoms with E-state index in [1.807, 2.05) is 44.3 Å². The molecule has 0 saturated carbocycles. The van der Waals surface area contributed by atoms with Gasteiger partial charge in [0.05, 0.1) is 37.3 Å². The third kappa shape index (κ3) is 5.96. The summed E-state index contributed by atoms with van der Waals surface area (Å²) in [6.45, 7) is 5.66. The third-order valence-corrected chi connectivity index (χ3v) is 5.33. The van der Waals surface area contributed by atoms with Gasteiger partial charge in [0.25, 0.3) is 0 Å². The first kappa shape index (κ1) is 25.3. The van der Waals surface area contributed by atoms with Gasteiger partial charge in [-0.2, -0.15) is 19.6 Å². The summed E-state index contributed by atoms with van der Waals surface area (Å²) in [5.74, 6) is 0.665. The lowest BCUT2D eigenvalue weighted by Gasteiger charge is -2.21. The van der Waals surface area contributed by atoms with Gasteiger partial charge in [-0.1, -0.05) is 38.1 Å². The number of anilines is 2. The van der Waals surface area contributed by atoms with Gasteiger partial charge in [-0.3, -0.25) is 4.98 Å². The second-order valence-corrected chi connectivity index (χ2v) is 7.79. The van der Waals surface area contributed by atoms with Crippen LogP contribution < -0.4 is 10.6 Å². The minimum Gasteiger partial charge on any atom is -0.394 e. The van der Waals surface area contributed by atoms with E-state index in [1.54, 1.807) is 10.7 Å². The highest BCUT2D eigenvalue weighted by Gasteiger charge is 2.20. The fourth-order valence-corrected chi connectivity index (χ4v) is 3.45. The second kappa shape index (κ2) is 12.2. The van der Waals surface area contributed by atoms with E-state index >= 15 is 0 Å². The summed E-state index contributed by atoms with van der Waals surface area (Å²) >= 11 is 0. The van der Waals surface area contributed by atoms with Crippen molar-refractivity contribution in [2.45, 2.75) is 52.3 Å². The van der Waals surface area contributed by atoms with Crippen LogP contribution in [0.3, 0.4) is 0 Å². The molecule has 0 amide bonds. The van der Waals surface area contributed by atoms with Crippen LogP contribution in [0.15, 0.2) is 42.8 Å². The molecule has 0 aliphatic heterocycles. The van der Waals surface area contributed by atoms with Gasteiger partial charge in [0.2, 0.25) is 11.9 Å². The average molecular weight is 468 g/mol. The number of aromatic nitrogens is 5. The predicted octanol–water partition coefficient (Wildman–Crippen LogP) is 2.19. The number of hydrogen-bond donors (Lipinski definition) is 5. The maximum absolute atomic E-state index is 9.93. The molecule has 0 fully saturated rings. The zero-order chi connectivity index (χ0) is 24.5. The molecule has 2 atom stereocenters. The number of aliphatic hydroxyl groups excluding tert-OH is 3. The Morgan fingerprint density at radius 2 is 1.97 bits per heavy atom. The summed E-state index contributed by atoms with van der Waals surface area (Å²) in [5.41, 5.74) is 4.52. The number of aryl methyl sites for hydroxylation is 1. The number of nitrogens with one attached hydrogen (secondary N) is 2. The van der Waals surface area contributed by atoms with Gasteiger partial charge in [0.15, 0.2) is 5.65 Å². The molecular weight excluding hydrogens is 434 g/mol. The van der Waals surface area contributed by atoms with Crippen molar-refractivity contribution in [1.82, 2.24) is 24.6 Å². The minimum atomic E-state index is -1.16. The Morgan fingerprint density at radius 1 is 1.15 bits per heavy atom. The topological polar surface area (TPSA) is 141 Å². The molecule has 0 bridgehead atoms. The highest BCUT2D eigenvalue weighted by Crippen LogP contribution is 2.19. The Bertz CT molecular complexity index is 1130. The average Bonchev–Trinajstić information content (AvgIpc) is 3.28. The van der Waals surface area contributed by atoms with Crippen molar-refractivity contribution in [3.8, 4) is 0 Å². The van der Waals surface area contributed by atoms with Crippen LogP contribution in [0, 0.1) is 0 Å². The number of nitrogens with zero attached hydrogens (tertiary/aromatic N) is 5. The van der Waals surface area contributed by atoms with Crippen molar-refractivity contribution in [1.29, 1.82) is 0 Å².